The molecular weight excluding hydrogens is 320 g/mol. The van der Waals surface area contributed by atoms with Crippen molar-refractivity contribution in [1.29, 1.82) is 0 Å². The van der Waals surface area contributed by atoms with Crippen LogP contribution in [0.2, 0.25) is 0 Å². The zero-order valence-corrected chi connectivity index (χ0v) is 13.9. The molecule has 2 amide bonds. The first kappa shape index (κ1) is 16.6. The molecule has 0 unspecified atom stereocenters. The van der Waals surface area contributed by atoms with Crippen LogP contribution in [0, 0.1) is 0 Å². The Balaban J connectivity index is 1.78. The number of nitrogens with one attached hydrogen (secondary N) is 3. The summed E-state index contributed by atoms with van der Waals surface area (Å²) in [6, 6.07) is 3.58. The van der Waals surface area contributed by atoms with Crippen molar-refractivity contribution in [2.45, 2.75) is 13.3 Å². The molecule has 0 aromatic carbocycles. The number of thiazole rings is 1. The molecule has 0 radical (unpaired) electrons. The van der Waals surface area contributed by atoms with Crippen molar-refractivity contribution in [3.8, 4) is 0 Å². The molecule has 8 heteroatoms. The molecule has 0 fully saturated rings. The number of rotatable bonds is 8. The van der Waals surface area contributed by atoms with Crippen molar-refractivity contribution in [1.82, 2.24) is 15.6 Å². The maximum atomic E-state index is 11.9. The number of aromatic nitrogens is 1. The number of nitrogens with zero attached hydrogens (tertiary/aromatic N) is 1. The molecule has 3 N–H and O–H groups in total. The number of hydrogen-bond acceptors (Lipinski definition) is 6. The summed E-state index contributed by atoms with van der Waals surface area (Å²) < 4.78 is 0. The predicted octanol–water partition coefficient (Wildman–Crippen LogP) is 1.73. The van der Waals surface area contributed by atoms with Crippen molar-refractivity contribution >= 4 is 39.6 Å². The minimum absolute atomic E-state index is 0.0701. The number of carbonyl (C=O) groups excluding carboxylic acids is 2. The molecule has 0 aliphatic heterocycles. The summed E-state index contributed by atoms with van der Waals surface area (Å²) in [4.78, 5) is 28.5. The molecule has 2 aromatic heterocycles. The molecule has 2 aromatic rings. The lowest BCUT2D eigenvalue weighted by Gasteiger charge is -2.04. The van der Waals surface area contributed by atoms with Crippen molar-refractivity contribution in [2.24, 2.45) is 0 Å². The predicted molar refractivity (Wildman–Crippen MR) is 89.6 cm³/mol. The van der Waals surface area contributed by atoms with Gasteiger partial charge in [-0.2, -0.15) is 0 Å². The minimum atomic E-state index is -0.175. The van der Waals surface area contributed by atoms with Gasteiger partial charge in [0.2, 0.25) is 5.91 Å². The van der Waals surface area contributed by atoms with Gasteiger partial charge in [-0.05, 0) is 18.0 Å². The summed E-state index contributed by atoms with van der Waals surface area (Å²) in [5.41, 5.74) is 0.660. The van der Waals surface area contributed by atoms with Gasteiger partial charge >= 0.3 is 0 Å². The van der Waals surface area contributed by atoms with Crippen LogP contribution in [0.15, 0.2) is 22.9 Å². The monoisotopic (exact) mass is 338 g/mol. The molecular formula is C14H18N4O2S2. The van der Waals surface area contributed by atoms with Gasteiger partial charge in [0.05, 0.1) is 17.0 Å². The first-order valence-corrected chi connectivity index (χ1v) is 8.71. The Kier molecular flexibility index (Phi) is 6.50. The van der Waals surface area contributed by atoms with Gasteiger partial charge in [-0.3, -0.25) is 14.9 Å². The largest absolute Gasteiger partial charge is 0.354 e. The van der Waals surface area contributed by atoms with Crippen LogP contribution >= 0.6 is 22.7 Å². The zero-order valence-electron chi connectivity index (χ0n) is 12.2. The Morgan fingerprint density at radius 2 is 2.14 bits per heavy atom. The van der Waals surface area contributed by atoms with Gasteiger partial charge in [-0.1, -0.05) is 13.0 Å². The molecule has 0 aliphatic rings. The summed E-state index contributed by atoms with van der Waals surface area (Å²) in [5.74, 6) is -0.245. The molecule has 22 heavy (non-hydrogen) atoms. The van der Waals surface area contributed by atoms with E-state index in [1.807, 2.05) is 18.4 Å². The lowest BCUT2D eigenvalue weighted by atomic mass is 10.3. The molecule has 2 rings (SSSR count). The van der Waals surface area contributed by atoms with Crippen LogP contribution in [0.5, 0.6) is 0 Å². The van der Waals surface area contributed by atoms with Crippen LogP contribution in [-0.2, 0) is 11.2 Å². The van der Waals surface area contributed by atoms with Crippen molar-refractivity contribution in [3.63, 3.8) is 0 Å². The van der Waals surface area contributed by atoms with E-state index in [0.717, 1.165) is 13.1 Å². The molecule has 0 bridgehead atoms. The number of likely N-dealkylation sites (N-methyl/N-ethyl adjacent to an activating group) is 1. The van der Waals surface area contributed by atoms with Gasteiger partial charge in [0, 0.05) is 18.5 Å². The maximum absolute atomic E-state index is 11.9. The summed E-state index contributed by atoms with van der Waals surface area (Å²) in [6.07, 6.45) is 0.220. The third kappa shape index (κ3) is 5.21. The van der Waals surface area contributed by atoms with E-state index in [4.69, 9.17) is 0 Å². The van der Waals surface area contributed by atoms with Crippen molar-refractivity contribution in [2.75, 3.05) is 25.0 Å². The Hall–Kier alpha value is -1.77. The summed E-state index contributed by atoms with van der Waals surface area (Å²) >= 11 is 2.69. The van der Waals surface area contributed by atoms with E-state index in [1.54, 1.807) is 11.4 Å². The smallest absolute Gasteiger partial charge is 0.267 e. The quantitative estimate of drug-likeness (QED) is 0.640. The molecule has 2 heterocycles. The maximum Gasteiger partial charge on any atom is 0.267 e. The van der Waals surface area contributed by atoms with Crippen LogP contribution in [-0.4, -0.2) is 36.4 Å². The molecule has 0 saturated heterocycles. The Morgan fingerprint density at radius 1 is 1.27 bits per heavy atom. The molecule has 118 valence electrons. The highest BCUT2D eigenvalue weighted by molar-refractivity contribution is 7.14. The molecule has 0 atom stereocenters. The van der Waals surface area contributed by atoms with E-state index in [9.17, 15) is 9.59 Å². The average molecular weight is 338 g/mol. The first-order chi connectivity index (χ1) is 10.7. The number of amides is 2. The fourth-order valence-electron chi connectivity index (χ4n) is 1.71. The molecule has 0 aliphatic carbocycles. The van der Waals surface area contributed by atoms with Gasteiger partial charge < -0.3 is 10.6 Å². The Morgan fingerprint density at radius 3 is 2.86 bits per heavy atom. The standard InChI is InChI=1S/C14H18N4O2S2/c1-2-15-5-6-16-12(19)8-10-9-22-14(17-10)18-13(20)11-4-3-7-21-11/h3-4,7,9,15H,2,5-6,8H2,1H3,(H,16,19)(H,17,18,20). The van der Waals surface area contributed by atoms with E-state index in [2.05, 4.69) is 20.9 Å². The topological polar surface area (TPSA) is 83.1 Å². The van der Waals surface area contributed by atoms with Gasteiger partial charge in [0.1, 0.15) is 0 Å². The minimum Gasteiger partial charge on any atom is -0.354 e. The highest BCUT2D eigenvalue weighted by Gasteiger charge is 2.11. The fraction of sp³-hybridized carbons (Fsp3) is 0.357. The third-order valence-electron chi connectivity index (χ3n) is 2.73. The Labute approximate surface area is 137 Å². The number of thiophene rings is 1. The number of hydrogen-bond donors (Lipinski definition) is 3. The second-order valence-electron chi connectivity index (χ2n) is 4.46. The molecule has 0 saturated carbocycles. The number of anilines is 1. The van der Waals surface area contributed by atoms with E-state index < -0.39 is 0 Å². The fourth-order valence-corrected chi connectivity index (χ4v) is 3.03. The lowest BCUT2D eigenvalue weighted by Crippen LogP contribution is -2.32. The van der Waals surface area contributed by atoms with Gasteiger partial charge in [-0.15, -0.1) is 22.7 Å². The summed E-state index contributed by atoms with van der Waals surface area (Å²) in [7, 11) is 0. The van der Waals surface area contributed by atoms with Crippen LogP contribution in [0.3, 0.4) is 0 Å². The SMILES string of the molecule is CCNCCNC(=O)Cc1csc(NC(=O)c2cccs2)n1. The average Bonchev–Trinajstić information content (AvgIpc) is 3.15. The third-order valence-corrected chi connectivity index (χ3v) is 4.41. The summed E-state index contributed by atoms with van der Waals surface area (Å²) in [6.45, 7) is 4.25. The first-order valence-electron chi connectivity index (χ1n) is 6.95. The zero-order chi connectivity index (χ0) is 15.8. The molecule has 6 nitrogen and oxygen atoms in total. The molecule has 0 spiro atoms. The highest BCUT2D eigenvalue weighted by Crippen LogP contribution is 2.18. The number of carbonyl (C=O) groups is 2. The van der Waals surface area contributed by atoms with Crippen LogP contribution < -0.4 is 16.0 Å². The van der Waals surface area contributed by atoms with Crippen LogP contribution in [0.4, 0.5) is 5.13 Å². The van der Waals surface area contributed by atoms with Crippen LogP contribution in [0.1, 0.15) is 22.3 Å². The highest BCUT2D eigenvalue weighted by atomic mass is 32.1. The summed E-state index contributed by atoms with van der Waals surface area (Å²) in [5, 5.41) is 12.8. The van der Waals surface area contributed by atoms with Gasteiger partial charge in [0.25, 0.3) is 5.91 Å². The normalized spacial score (nSPS) is 10.4. The second-order valence-corrected chi connectivity index (χ2v) is 6.26. The van der Waals surface area contributed by atoms with E-state index in [1.165, 1.54) is 22.7 Å². The van der Waals surface area contributed by atoms with E-state index in [-0.39, 0.29) is 18.2 Å². The van der Waals surface area contributed by atoms with E-state index >= 15 is 0 Å². The van der Waals surface area contributed by atoms with Crippen molar-refractivity contribution < 1.29 is 9.59 Å². The lowest BCUT2D eigenvalue weighted by molar-refractivity contribution is -0.120. The second kappa shape index (κ2) is 8.62. The van der Waals surface area contributed by atoms with Gasteiger partial charge in [0.15, 0.2) is 5.13 Å². The van der Waals surface area contributed by atoms with E-state index in [0.29, 0.717) is 22.2 Å². The van der Waals surface area contributed by atoms with Gasteiger partial charge in [-0.25, -0.2) is 4.98 Å². The Bertz CT molecular complexity index is 610. The van der Waals surface area contributed by atoms with Crippen molar-refractivity contribution in [3.05, 3.63) is 33.5 Å². The van der Waals surface area contributed by atoms with Crippen LogP contribution in [0.25, 0.3) is 0 Å².